The largest absolute Gasteiger partial charge is 0.327 e. The van der Waals surface area contributed by atoms with Crippen LogP contribution in [0.15, 0.2) is 0 Å². The third-order valence-electron chi connectivity index (χ3n) is 3.67. The molecule has 0 saturated heterocycles. The second-order valence-electron chi connectivity index (χ2n) is 6.37. The lowest BCUT2D eigenvalue weighted by Gasteiger charge is -2.26. The Balaban J connectivity index is 0.00000220. The first-order valence-electron chi connectivity index (χ1n) is 6.79. The van der Waals surface area contributed by atoms with Gasteiger partial charge in [0.2, 0.25) is 5.91 Å². The van der Waals surface area contributed by atoms with Gasteiger partial charge in [0.05, 0.1) is 16.5 Å². The summed E-state index contributed by atoms with van der Waals surface area (Å²) < 4.78 is 0. The zero-order valence-electron chi connectivity index (χ0n) is 12.7. The first-order valence-corrected chi connectivity index (χ1v) is 7.60. The highest BCUT2D eigenvalue weighted by Gasteiger charge is 2.34. The second kappa shape index (κ2) is 6.42. The van der Waals surface area contributed by atoms with Gasteiger partial charge in [-0.1, -0.05) is 32.1 Å². The maximum atomic E-state index is 12.1. The highest BCUT2D eigenvalue weighted by atomic mass is 35.5. The molecule has 0 spiro atoms. The van der Waals surface area contributed by atoms with Gasteiger partial charge in [0.25, 0.3) is 0 Å². The normalized spacial score (nSPS) is 19.2. The molecule has 0 bridgehead atoms. The first kappa shape index (κ1) is 18.1. The molecule has 0 radical (unpaired) electrons. The summed E-state index contributed by atoms with van der Waals surface area (Å²) in [4.78, 5) is 29.1. The Hall–Kier alpha value is -0.980. The minimum atomic E-state index is -0.289. The number of anilines is 1. The molecule has 1 aromatic heterocycles. The summed E-state index contributed by atoms with van der Waals surface area (Å²) in [7, 11) is 0. The van der Waals surface area contributed by atoms with E-state index in [9.17, 15) is 9.59 Å². The molecule has 3 N–H and O–H groups in total. The fourth-order valence-corrected chi connectivity index (χ4v) is 3.15. The lowest BCUT2D eigenvalue weighted by Crippen LogP contribution is -2.34. The number of nitrogens with two attached hydrogens (primary N) is 1. The van der Waals surface area contributed by atoms with Crippen LogP contribution in [0.5, 0.6) is 0 Å². The Morgan fingerprint density at radius 1 is 1.38 bits per heavy atom. The lowest BCUT2D eigenvalue weighted by molar-refractivity contribution is -0.119. The number of hydrogen-bond acceptors (Lipinski definition) is 5. The molecular formula is C14H22ClN3O2S. The molecule has 0 fully saturated rings. The van der Waals surface area contributed by atoms with Crippen molar-refractivity contribution >= 4 is 40.6 Å². The number of hydrogen-bond donors (Lipinski definition) is 2. The van der Waals surface area contributed by atoms with E-state index in [1.165, 1.54) is 11.3 Å². The quantitative estimate of drug-likeness (QED) is 0.891. The summed E-state index contributed by atoms with van der Waals surface area (Å²) in [6.45, 7) is 7.69. The van der Waals surface area contributed by atoms with Gasteiger partial charge in [-0.15, -0.1) is 12.4 Å². The Labute approximate surface area is 135 Å². The van der Waals surface area contributed by atoms with Crippen LogP contribution in [0, 0.1) is 11.3 Å². The van der Waals surface area contributed by atoms with E-state index in [4.69, 9.17) is 5.73 Å². The number of amides is 1. The number of aromatic nitrogens is 1. The Morgan fingerprint density at radius 3 is 2.57 bits per heavy atom. The van der Waals surface area contributed by atoms with Crippen molar-refractivity contribution in [2.45, 2.75) is 46.6 Å². The number of ketones is 1. The zero-order chi connectivity index (χ0) is 15.1. The van der Waals surface area contributed by atoms with Crippen LogP contribution >= 0.6 is 23.7 Å². The van der Waals surface area contributed by atoms with Crippen LogP contribution in [0.1, 0.15) is 49.5 Å². The Kier molecular flexibility index (Phi) is 5.52. The average Bonchev–Trinajstić information content (AvgIpc) is 2.68. The van der Waals surface area contributed by atoms with Crippen LogP contribution in [0.4, 0.5) is 5.13 Å². The van der Waals surface area contributed by atoms with Crippen molar-refractivity contribution < 1.29 is 9.59 Å². The molecule has 5 nitrogen and oxygen atoms in total. The van der Waals surface area contributed by atoms with E-state index >= 15 is 0 Å². The van der Waals surface area contributed by atoms with Crippen LogP contribution in [0.3, 0.4) is 0 Å². The fraction of sp³-hybridized carbons (Fsp3) is 0.643. The van der Waals surface area contributed by atoms with Crippen molar-refractivity contribution in [3.63, 3.8) is 0 Å². The van der Waals surface area contributed by atoms with E-state index in [0.29, 0.717) is 16.4 Å². The number of thiazole rings is 1. The molecule has 1 amide bonds. The molecule has 7 heteroatoms. The van der Waals surface area contributed by atoms with E-state index in [2.05, 4.69) is 24.1 Å². The number of nitrogens with zero attached hydrogens (tertiary/aromatic N) is 1. The monoisotopic (exact) mass is 331 g/mol. The molecule has 21 heavy (non-hydrogen) atoms. The third kappa shape index (κ3) is 4.02. The summed E-state index contributed by atoms with van der Waals surface area (Å²) in [6.07, 6.45) is 1.30. The molecule has 2 atom stereocenters. The molecule has 1 heterocycles. The van der Waals surface area contributed by atoms with Gasteiger partial charge in [0.1, 0.15) is 0 Å². The van der Waals surface area contributed by atoms with Crippen LogP contribution in [-0.4, -0.2) is 22.7 Å². The standard InChI is InChI=1S/C14H21N3O2S.ClH/c1-7(8(2)15)12(19)17-13-16-9-5-14(3,4)6-10(18)11(9)20-13;/h7-8H,5-6,15H2,1-4H3,(H,16,17,19);1H. The van der Waals surface area contributed by atoms with Crippen molar-refractivity contribution in [1.82, 2.24) is 4.98 Å². The summed E-state index contributed by atoms with van der Waals surface area (Å²) in [5.41, 5.74) is 6.46. The van der Waals surface area contributed by atoms with Crippen LogP contribution in [-0.2, 0) is 11.2 Å². The van der Waals surface area contributed by atoms with Gasteiger partial charge >= 0.3 is 0 Å². The van der Waals surface area contributed by atoms with Gasteiger partial charge in [0.15, 0.2) is 10.9 Å². The fourth-order valence-electron chi connectivity index (χ4n) is 2.23. The van der Waals surface area contributed by atoms with Gasteiger partial charge < -0.3 is 11.1 Å². The van der Waals surface area contributed by atoms with Crippen LogP contribution < -0.4 is 11.1 Å². The van der Waals surface area contributed by atoms with E-state index < -0.39 is 0 Å². The van der Waals surface area contributed by atoms with E-state index in [1.807, 2.05) is 0 Å². The summed E-state index contributed by atoms with van der Waals surface area (Å²) in [5.74, 6) is -0.324. The number of rotatable bonds is 3. The van der Waals surface area contributed by atoms with Crippen molar-refractivity contribution in [3.05, 3.63) is 10.6 Å². The van der Waals surface area contributed by atoms with Gasteiger partial charge in [-0.2, -0.15) is 0 Å². The molecule has 1 aromatic rings. The predicted molar refractivity (Wildman–Crippen MR) is 87.2 cm³/mol. The van der Waals surface area contributed by atoms with E-state index in [-0.39, 0.29) is 41.5 Å². The van der Waals surface area contributed by atoms with E-state index in [1.54, 1.807) is 13.8 Å². The summed E-state index contributed by atoms with van der Waals surface area (Å²) in [6, 6.07) is -0.217. The summed E-state index contributed by atoms with van der Waals surface area (Å²) in [5, 5.41) is 3.26. The van der Waals surface area contributed by atoms with Gasteiger partial charge in [-0.05, 0) is 18.8 Å². The highest BCUT2D eigenvalue weighted by Crippen LogP contribution is 2.38. The number of carbonyl (C=O) groups is 2. The lowest BCUT2D eigenvalue weighted by atomic mass is 9.78. The van der Waals surface area contributed by atoms with Crippen molar-refractivity contribution in [1.29, 1.82) is 0 Å². The number of nitrogens with one attached hydrogen (secondary N) is 1. The molecule has 1 aliphatic rings. The number of fused-ring (bicyclic) bond motifs is 1. The van der Waals surface area contributed by atoms with Crippen molar-refractivity contribution in [2.75, 3.05) is 5.32 Å². The minimum Gasteiger partial charge on any atom is -0.327 e. The molecule has 2 unspecified atom stereocenters. The molecule has 0 aromatic carbocycles. The zero-order valence-corrected chi connectivity index (χ0v) is 14.4. The van der Waals surface area contributed by atoms with Gasteiger partial charge in [0, 0.05) is 12.5 Å². The molecule has 1 aliphatic carbocycles. The number of halogens is 1. The summed E-state index contributed by atoms with van der Waals surface area (Å²) >= 11 is 1.27. The predicted octanol–water partition coefficient (Wildman–Crippen LogP) is 2.64. The van der Waals surface area contributed by atoms with Gasteiger partial charge in [-0.3, -0.25) is 9.59 Å². The van der Waals surface area contributed by atoms with Crippen LogP contribution in [0.2, 0.25) is 0 Å². The molecule has 0 aliphatic heterocycles. The Morgan fingerprint density at radius 2 is 2.00 bits per heavy atom. The highest BCUT2D eigenvalue weighted by molar-refractivity contribution is 7.17. The molecule has 0 saturated carbocycles. The van der Waals surface area contributed by atoms with Crippen LogP contribution in [0.25, 0.3) is 0 Å². The maximum Gasteiger partial charge on any atom is 0.230 e. The second-order valence-corrected chi connectivity index (χ2v) is 7.37. The number of Topliss-reactive ketones (excluding diaryl/α,β-unsaturated/α-hetero) is 1. The topological polar surface area (TPSA) is 85.1 Å². The van der Waals surface area contributed by atoms with Gasteiger partial charge in [-0.25, -0.2) is 4.98 Å². The van der Waals surface area contributed by atoms with Crippen molar-refractivity contribution in [2.24, 2.45) is 17.1 Å². The first-order chi connectivity index (χ1) is 9.19. The maximum absolute atomic E-state index is 12.1. The van der Waals surface area contributed by atoms with E-state index in [0.717, 1.165) is 12.1 Å². The molecule has 2 rings (SSSR count). The molecule has 118 valence electrons. The minimum absolute atomic E-state index is 0. The number of carbonyl (C=O) groups excluding carboxylic acids is 2. The average molecular weight is 332 g/mol. The third-order valence-corrected chi connectivity index (χ3v) is 4.72. The molecular weight excluding hydrogens is 310 g/mol. The smallest absolute Gasteiger partial charge is 0.230 e. The van der Waals surface area contributed by atoms with Crippen molar-refractivity contribution in [3.8, 4) is 0 Å². The Bertz CT molecular complexity index is 554. The SMILES string of the molecule is CC(N)C(C)C(=O)Nc1nc2c(s1)C(=O)CC(C)(C)C2.Cl.